The quantitative estimate of drug-likeness (QED) is 0.770. The molecule has 98 valence electrons. The molecule has 1 amide bonds. The minimum atomic E-state index is -0.680. The fraction of sp³-hybridized carbons (Fsp3) is 0.923. The van der Waals surface area contributed by atoms with E-state index < -0.39 is 11.9 Å². The number of carbonyl (C=O) groups is 1. The van der Waals surface area contributed by atoms with Crippen LogP contribution in [0.15, 0.2) is 0 Å². The van der Waals surface area contributed by atoms with Gasteiger partial charge < -0.3 is 16.2 Å². The van der Waals surface area contributed by atoms with Gasteiger partial charge in [0.1, 0.15) is 6.04 Å². The Bertz CT molecular complexity index is 329. The fourth-order valence-corrected chi connectivity index (χ4v) is 3.68. The Morgan fingerprint density at radius 3 is 2.53 bits per heavy atom. The fourth-order valence-electron chi connectivity index (χ4n) is 3.68. The monoisotopic (exact) mass is 240 g/mol. The summed E-state index contributed by atoms with van der Waals surface area (Å²) in [4.78, 5) is 10.9. The van der Waals surface area contributed by atoms with E-state index >= 15 is 0 Å². The molecule has 4 nitrogen and oxygen atoms in total. The summed E-state index contributed by atoms with van der Waals surface area (Å²) in [7, 11) is 0. The molecule has 17 heavy (non-hydrogen) atoms. The molecule has 0 spiro atoms. The van der Waals surface area contributed by atoms with Crippen LogP contribution in [0.25, 0.3) is 0 Å². The van der Waals surface area contributed by atoms with Crippen LogP contribution >= 0.6 is 0 Å². The molecule has 2 rings (SSSR count). The number of amides is 1. The summed E-state index contributed by atoms with van der Waals surface area (Å²) in [5.74, 6) is 0.250. The van der Waals surface area contributed by atoms with Crippen molar-refractivity contribution in [3.63, 3.8) is 0 Å². The smallest absolute Gasteiger partial charge is 0.236 e. The first kappa shape index (κ1) is 12.8. The van der Waals surface area contributed by atoms with E-state index in [0.717, 1.165) is 12.3 Å². The molecule has 0 aromatic carbocycles. The standard InChI is InChI=1S/C13H24N2O2/c1-12(2)8-4-5-13(12,3)10(6-8)17-7-9(14)11(15)16/h8-10H,4-7,14H2,1-3H3,(H2,15,16). The van der Waals surface area contributed by atoms with Gasteiger partial charge in [-0.1, -0.05) is 20.8 Å². The predicted octanol–water partition coefficient (Wildman–Crippen LogP) is 1.03. The third-order valence-corrected chi connectivity index (χ3v) is 5.56. The summed E-state index contributed by atoms with van der Waals surface area (Å²) in [6.45, 7) is 7.23. The van der Waals surface area contributed by atoms with E-state index in [2.05, 4.69) is 20.8 Å². The molecule has 2 aliphatic carbocycles. The molecule has 0 radical (unpaired) electrons. The lowest BCUT2D eigenvalue weighted by Gasteiger charge is -2.39. The Hall–Kier alpha value is -0.610. The lowest BCUT2D eigenvalue weighted by Crippen LogP contribution is -2.44. The van der Waals surface area contributed by atoms with Gasteiger partial charge in [-0.3, -0.25) is 4.79 Å². The average Bonchev–Trinajstić information content (AvgIpc) is 2.57. The third kappa shape index (κ3) is 1.78. The number of primary amides is 1. The zero-order chi connectivity index (χ0) is 12.8. The van der Waals surface area contributed by atoms with E-state index in [1.54, 1.807) is 0 Å². The second-order valence-corrected chi connectivity index (χ2v) is 6.44. The van der Waals surface area contributed by atoms with E-state index in [4.69, 9.17) is 16.2 Å². The topological polar surface area (TPSA) is 78.3 Å². The van der Waals surface area contributed by atoms with E-state index in [9.17, 15) is 4.79 Å². The molecule has 0 aromatic rings. The predicted molar refractivity (Wildman–Crippen MR) is 66.1 cm³/mol. The molecule has 0 heterocycles. The highest BCUT2D eigenvalue weighted by atomic mass is 16.5. The van der Waals surface area contributed by atoms with Gasteiger partial charge >= 0.3 is 0 Å². The summed E-state index contributed by atoms with van der Waals surface area (Å²) in [5, 5.41) is 0. The minimum Gasteiger partial charge on any atom is -0.375 e. The molecular formula is C13H24N2O2. The summed E-state index contributed by atoms with van der Waals surface area (Å²) >= 11 is 0. The van der Waals surface area contributed by atoms with Gasteiger partial charge in [-0.15, -0.1) is 0 Å². The lowest BCUT2D eigenvalue weighted by molar-refractivity contribution is -0.122. The zero-order valence-electron chi connectivity index (χ0n) is 11.0. The molecule has 0 aromatic heterocycles. The van der Waals surface area contributed by atoms with Crippen LogP contribution in [0.4, 0.5) is 0 Å². The van der Waals surface area contributed by atoms with Crippen molar-refractivity contribution in [1.29, 1.82) is 0 Å². The highest BCUT2D eigenvalue weighted by Gasteiger charge is 2.61. The van der Waals surface area contributed by atoms with Crippen molar-refractivity contribution in [2.24, 2.45) is 28.2 Å². The van der Waals surface area contributed by atoms with Gasteiger partial charge in [0.2, 0.25) is 5.91 Å². The Kier molecular flexibility index (Phi) is 2.99. The van der Waals surface area contributed by atoms with Gasteiger partial charge in [0.05, 0.1) is 12.7 Å². The number of hydrogen-bond donors (Lipinski definition) is 2. The number of hydrogen-bond acceptors (Lipinski definition) is 3. The SMILES string of the molecule is CC1(C)C2CCC1(C)C(OCC(N)C(N)=O)C2. The maximum atomic E-state index is 10.9. The van der Waals surface area contributed by atoms with Crippen LogP contribution in [0.1, 0.15) is 40.0 Å². The van der Waals surface area contributed by atoms with Crippen molar-refractivity contribution in [1.82, 2.24) is 0 Å². The number of carbonyl (C=O) groups excluding carboxylic acids is 1. The molecule has 4 atom stereocenters. The van der Waals surface area contributed by atoms with Gasteiger partial charge in [-0.25, -0.2) is 0 Å². The summed E-state index contributed by atoms with van der Waals surface area (Å²) in [5.41, 5.74) is 11.3. The maximum absolute atomic E-state index is 10.9. The first-order valence-corrected chi connectivity index (χ1v) is 6.45. The summed E-state index contributed by atoms with van der Waals surface area (Å²) in [6, 6.07) is -0.680. The van der Waals surface area contributed by atoms with E-state index in [1.165, 1.54) is 12.8 Å². The van der Waals surface area contributed by atoms with Crippen molar-refractivity contribution in [2.45, 2.75) is 52.2 Å². The highest BCUT2D eigenvalue weighted by molar-refractivity contribution is 5.79. The molecule has 4 N–H and O–H groups in total. The number of rotatable bonds is 4. The largest absolute Gasteiger partial charge is 0.375 e. The Morgan fingerprint density at radius 2 is 2.12 bits per heavy atom. The average molecular weight is 240 g/mol. The molecule has 2 fully saturated rings. The van der Waals surface area contributed by atoms with Crippen molar-refractivity contribution in [3.8, 4) is 0 Å². The van der Waals surface area contributed by atoms with Crippen LogP contribution < -0.4 is 11.5 Å². The molecule has 0 aliphatic heterocycles. The van der Waals surface area contributed by atoms with Crippen LogP contribution in [-0.4, -0.2) is 24.7 Å². The summed E-state index contributed by atoms with van der Waals surface area (Å²) in [6.07, 6.45) is 3.82. The Balaban J connectivity index is 1.99. The van der Waals surface area contributed by atoms with Crippen LogP contribution in [0.5, 0.6) is 0 Å². The van der Waals surface area contributed by atoms with Gasteiger partial charge in [0, 0.05) is 0 Å². The number of ether oxygens (including phenoxy) is 1. The maximum Gasteiger partial charge on any atom is 0.236 e. The molecule has 2 saturated carbocycles. The van der Waals surface area contributed by atoms with Crippen LogP contribution in [0, 0.1) is 16.7 Å². The van der Waals surface area contributed by atoms with E-state index in [-0.39, 0.29) is 18.1 Å². The van der Waals surface area contributed by atoms with Gasteiger partial charge in [-0.05, 0) is 36.0 Å². The molecule has 2 bridgehead atoms. The van der Waals surface area contributed by atoms with Gasteiger partial charge in [0.15, 0.2) is 0 Å². The van der Waals surface area contributed by atoms with Crippen LogP contribution in [-0.2, 0) is 9.53 Å². The first-order valence-electron chi connectivity index (χ1n) is 6.45. The number of fused-ring (bicyclic) bond motifs is 2. The zero-order valence-corrected chi connectivity index (χ0v) is 11.0. The van der Waals surface area contributed by atoms with Gasteiger partial charge in [-0.2, -0.15) is 0 Å². The second kappa shape index (κ2) is 3.95. The van der Waals surface area contributed by atoms with Crippen molar-refractivity contribution < 1.29 is 9.53 Å². The molecule has 0 saturated heterocycles. The van der Waals surface area contributed by atoms with E-state index in [0.29, 0.717) is 5.41 Å². The third-order valence-electron chi connectivity index (χ3n) is 5.56. The first-order chi connectivity index (χ1) is 7.79. The van der Waals surface area contributed by atoms with Crippen LogP contribution in [0.3, 0.4) is 0 Å². The molecule has 4 unspecified atom stereocenters. The highest BCUT2D eigenvalue weighted by Crippen LogP contribution is 2.66. The minimum absolute atomic E-state index is 0.217. The van der Waals surface area contributed by atoms with Crippen molar-refractivity contribution >= 4 is 5.91 Å². The molecule has 4 heteroatoms. The second-order valence-electron chi connectivity index (χ2n) is 6.44. The molecular weight excluding hydrogens is 216 g/mol. The normalized spacial score (nSPS) is 40.5. The summed E-state index contributed by atoms with van der Waals surface area (Å²) < 4.78 is 5.87. The Morgan fingerprint density at radius 1 is 1.47 bits per heavy atom. The van der Waals surface area contributed by atoms with E-state index in [1.807, 2.05) is 0 Å². The Labute approximate surface area is 103 Å². The van der Waals surface area contributed by atoms with Crippen molar-refractivity contribution in [3.05, 3.63) is 0 Å². The van der Waals surface area contributed by atoms with Crippen LogP contribution in [0.2, 0.25) is 0 Å². The molecule has 2 aliphatic rings. The lowest BCUT2D eigenvalue weighted by atomic mass is 9.70. The van der Waals surface area contributed by atoms with Gasteiger partial charge in [0.25, 0.3) is 0 Å². The van der Waals surface area contributed by atoms with Crippen molar-refractivity contribution in [2.75, 3.05) is 6.61 Å². The number of nitrogens with two attached hydrogens (primary N) is 2.